The topological polar surface area (TPSA) is 273 Å². The van der Waals surface area contributed by atoms with Crippen molar-refractivity contribution in [2.75, 3.05) is 37.9 Å². The smallest absolute Gasteiger partial charge is 0.285 e. The van der Waals surface area contributed by atoms with E-state index in [0.717, 1.165) is 36.2 Å². The lowest BCUT2D eigenvalue weighted by molar-refractivity contribution is -0.385. The lowest BCUT2D eigenvalue weighted by Gasteiger charge is -2.09. The predicted molar refractivity (Wildman–Crippen MR) is 281 cm³/mol. The second-order valence-electron chi connectivity index (χ2n) is 15.5. The van der Waals surface area contributed by atoms with Crippen LogP contribution in [0, 0.1) is 86.8 Å². The number of nitro groups is 4. The van der Waals surface area contributed by atoms with Crippen LogP contribution in [0.1, 0.15) is 66.9 Å². The Morgan fingerprint density at radius 1 is 0.473 bits per heavy atom. The molecule has 0 aromatic heterocycles. The number of carbonyl (C=O) groups is 2. The maximum atomic E-state index is 13.0. The normalized spacial score (nSPS) is 12.2. The number of ketones is 2. The molecule has 368 valence electrons. The van der Waals surface area contributed by atoms with Crippen molar-refractivity contribution in [3.63, 3.8) is 0 Å². The summed E-state index contributed by atoms with van der Waals surface area (Å²) in [4.78, 5) is 72.1. The van der Waals surface area contributed by atoms with Gasteiger partial charge in [0.05, 0.1) is 69.4 Å². The van der Waals surface area contributed by atoms with Gasteiger partial charge in [-0.1, -0.05) is 55.5 Å². The molecule has 1 heterocycles. The number of benzene rings is 6. The van der Waals surface area contributed by atoms with Gasteiger partial charge in [-0.25, -0.2) is 0 Å². The van der Waals surface area contributed by atoms with Crippen LogP contribution in [0.15, 0.2) is 116 Å². The number of nitro benzene ring substituents is 4. The van der Waals surface area contributed by atoms with Crippen LogP contribution in [0.5, 0.6) is 0 Å². The summed E-state index contributed by atoms with van der Waals surface area (Å²) >= 11 is 9.43. The van der Waals surface area contributed by atoms with Crippen LogP contribution in [-0.4, -0.2) is 69.2 Å². The monoisotopic (exact) mass is 1150 g/mol. The highest BCUT2D eigenvalue weighted by molar-refractivity contribution is 9.10. The summed E-state index contributed by atoms with van der Waals surface area (Å²) in [6.07, 6.45) is 0.883. The van der Waals surface area contributed by atoms with Crippen LogP contribution in [-0.2, 0) is 9.47 Å². The fourth-order valence-electron chi connectivity index (χ4n) is 7.57. The Labute approximate surface area is 445 Å². The first-order valence-corrected chi connectivity index (χ1v) is 25.3. The van der Waals surface area contributed by atoms with E-state index in [1.54, 1.807) is 24.3 Å². The predicted octanol–water partition coefficient (Wildman–Crippen LogP) is 11.8. The third-order valence-electron chi connectivity index (χ3n) is 10.8. The summed E-state index contributed by atoms with van der Waals surface area (Å²) < 4.78 is 10.6. The second kappa shape index (κ2) is 24.6. The number of hydrogen-bond donors (Lipinski definition) is 0. The van der Waals surface area contributed by atoms with Gasteiger partial charge in [-0.3, -0.25) is 50.0 Å². The standard InChI is InChI=1S/2C24H12BrN3O5S.C4H8O2/c2*25-16-11-20-23(22(12-16)28(32)33)18-13-21(27(30)31)15(10-19(18)24(20)29)5-2-14-3-6-17(7-4-14)34-9-1-8-26;1-2-6-4-3-5-1/h2*3-4,6-7,10-13H,1,9H2;1-4H2. The third-order valence-corrected chi connectivity index (χ3v) is 13.8. The SMILES string of the molecule is C1COCCO1.N#CCCSc1ccc(C#Cc2cc3c(cc2[N+](=O)[O-])-c2c(cc(Br)cc2[N+](=O)[O-])C3=O)cc1.N#CCCSc1ccc(C#Cc2cc3c(cc2[N+](=O)[O-])-c2c(cc(Br)cc2[N+](=O)[O-])C3=O)cc1. The van der Waals surface area contributed by atoms with Crippen molar-refractivity contribution in [3.05, 3.63) is 191 Å². The molecular formula is C52H32Br2N6O12S2. The number of rotatable bonds is 10. The molecule has 0 spiro atoms. The fourth-order valence-corrected chi connectivity index (χ4v) is 9.98. The molecule has 6 aromatic rings. The van der Waals surface area contributed by atoms with Crippen molar-refractivity contribution in [2.24, 2.45) is 0 Å². The molecule has 0 unspecified atom stereocenters. The van der Waals surface area contributed by atoms with Crippen molar-refractivity contribution in [3.8, 4) is 58.1 Å². The summed E-state index contributed by atoms with van der Waals surface area (Å²) in [5.41, 5.74) is 0.951. The molecule has 3 aliphatic rings. The van der Waals surface area contributed by atoms with E-state index in [1.165, 1.54) is 72.1 Å². The van der Waals surface area contributed by atoms with Crippen LogP contribution in [0.4, 0.5) is 22.7 Å². The first kappa shape index (κ1) is 53.7. The van der Waals surface area contributed by atoms with Crippen molar-refractivity contribution in [2.45, 2.75) is 22.6 Å². The fraction of sp³-hybridized carbons (Fsp3) is 0.154. The van der Waals surface area contributed by atoms with Crippen LogP contribution < -0.4 is 0 Å². The molecule has 22 heteroatoms. The van der Waals surface area contributed by atoms with Gasteiger partial charge in [-0.2, -0.15) is 10.5 Å². The number of thioether (sulfide) groups is 2. The summed E-state index contributed by atoms with van der Waals surface area (Å²) in [5.74, 6) is 11.7. The van der Waals surface area contributed by atoms with Gasteiger partial charge in [-0.05, 0) is 72.8 Å². The number of nitriles is 2. The van der Waals surface area contributed by atoms with Crippen molar-refractivity contribution >= 4 is 89.7 Å². The van der Waals surface area contributed by atoms with Gasteiger partial charge in [-0.15, -0.1) is 23.5 Å². The molecule has 0 radical (unpaired) electrons. The van der Waals surface area contributed by atoms with Gasteiger partial charge in [0.25, 0.3) is 22.7 Å². The molecule has 2 aliphatic carbocycles. The van der Waals surface area contributed by atoms with Gasteiger partial charge in [0.15, 0.2) is 11.6 Å². The highest BCUT2D eigenvalue weighted by Gasteiger charge is 2.38. The Morgan fingerprint density at radius 3 is 1.14 bits per heavy atom. The van der Waals surface area contributed by atoms with E-state index in [0.29, 0.717) is 44.4 Å². The van der Waals surface area contributed by atoms with E-state index in [9.17, 15) is 50.0 Å². The minimum absolute atomic E-state index is 0.0408. The summed E-state index contributed by atoms with van der Waals surface area (Å²) in [6, 6.07) is 29.1. The molecule has 0 N–H and O–H groups in total. The molecule has 18 nitrogen and oxygen atoms in total. The van der Waals surface area contributed by atoms with Crippen LogP contribution >= 0.6 is 55.4 Å². The van der Waals surface area contributed by atoms with Gasteiger partial charge < -0.3 is 9.47 Å². The van der Waals surface area contributed by atoms with E-state index < -0.39 is 31.3 Å². The molecule has 6 aromatic carbocycles. The molecule has 0 saturated carbocycles. The van der Waals surface area contributed by atoms with Crippen molar-refractivity contribution in [1.29, 1.82) is 10.5 Å². The maximum Gasteiger partial charge on any atom is 0.285 e. The molecule has 9 rings (SSSR count). The Hall–Kier alpha value is -8.06. The summed E-state index contributed by atoms with van der Waals surface area (Å²) in [5, 5.41) is 63.9. The molecule has 74 heavy (non-hydrogen) atoms. The Balaban J connectivity index is 0.000000194. The van der Waals surface area contributed by atoms with Crippen LogP contribution in [0.2, 0.25) is 0 Å². The summed E-state index contributed by atoms with van der Waals surface area (Å²) in [6.45, 7) is 3.11. The minimum atomic E-state index is -0.619. The first-order valence-electron chi connectivity index (χ1n) is 21.7. The molecular weight excluding hydrogens is 1120 g/mol. The molecule has 1 aliphatic heterocycles. The first-order chi connectivity index (χ1) is 35.6. The van der Waals surface area contributed by atoms with Gasteiger partial charge in [0.1, 0.15) is 11.1 Å². The number of ether oxygens (including phenoxy) is 2. The zero-order valence-electron chi connectivity index (χ0n) is 38.0. The molecule has 0 amide bonds. The molecule has 0 bridgehead atoms. The van der Waals surface area contributed by atoms with Gasteiger partial charge in [0, 0.05) is 112 Å². The molecule has 1 saturated heterocycles. The summed E-state index contributed by atoms with van der Waals surface area (Å²) in [7, 11) is 0. The highest BCUT2D eigenvalue weighted by Crippen LogP contribution is 2.47. The minimum Gasteiger partial charge on any atom is -0.377 e. The van der Waals surface area contributed by atoms with Crippen molar-refractivity contribution < 1.29 is 38.8 Å². The quantitative estimate of drug-likeness (QED) is 0.0405. The third kappa shape index (κ3) is 12.6. The van der Waals surface area contributed by atoms with E-state index in [1.807, 2.05) is 24.3 Å². The number of halogens is 2. The van der Waals surface area contributed by atoms with Crippen LogP contribution in [0.25, 0.3) is 22.3 Å². The van der Waals surface area contributed by atoms with Crippen molar-refractivity contribution in [1.82, 2.24) is 0 Å². The number of hydrogen-bond acceptors (Lipinski definition) is 16. The lowest BCUT2D eigenvalue weighted by Crippen LogP contribution is -2.16. The Bertz CT molecular complexity index is 3300. The van der Waals surface area contributed by atoms with Gasteiger partial charge >= 0.3 is 0 Å². The van der Waals surface area contributed by atoms with E-state index >= 15 is 0 Å². The highest BCUT2D eigenvalue weighted by atomic mass is 79.9. The molecule has 1 fully saturated rings. The second-order valence-corrected chi connectivity index (χ2v) is 19.7. The van der Waals surface area contributed by atoms with E-state index in [2.05, 4.69) is 67.7 Å². The largest absolute Gasteiger partial charge is 0.377 e. The maximum absolute atomic E-state index is 13.0. The average Bonchev–Trinajstić information content (AvgIpc) is 3.82. The lowest BCUT2D eigenvalue weighted by atomic mass is 10.0. The van der Waals surface area contributed by atoms with E-state index in [4.69, 9.17) is 20.0 Å². The van der Waals surface area contributed by atoms with E-state index in [-0.39, 0.29) is 78.4 Å². The molecule has 0 atom stereocenters. The number of fused-ring (bicyclic) bond motifs is 6. The number of nitrogens with zero attached hydrogens (tertiary/aromatic N) is 6. The van der Waals surface area contributed by atoms with Gasteiger partial charge in [0.2, 0.25) is 0 Å². The zero-order chi connectivity index (χ0) is 53.1. The zero-order valence-corrected chi connectivity index (χ0v) is 42.9. The van der Waals surface area contributed by atoms with Crippen LogP contribution in [0.3, 0.4) is 0 Å². The Morgan fingerprint density at radius 2 is 0.824 bits per heavy atom. The number of carbonyl (C=O) groups excluding carboxylic acids is 2. The Kier molecular flexibility index (Phi) is 17.8. The average molecular weight is 1160 g/mol.